The molecular formula is C15H13NO2. The number of hydrogen-bond acceptors (Lipinski definition) is 3. The van der Waals surface area contributed by atoms with Crippen LogP contribution in [0, 0.1) is 0 Å². The maximum atomic E-state index is 10.8. The van der Waals surface area contributed by atoms with E-state index < -0.39 is 0 Å². The highest BCUT2D eigenvalue weighted by molar-refractivity contribution is 5.75. The molecule has 0 radical (unpaired) electrons. The Morgan fingerprint density at radius 3 is 2.67 bits per heavy atom. The smallest absolute Gasteiger partial charge is 0.172 e. The number of pyridine rings is 1. The second-order valence-corrected chi connectivity index (χ2v) is 3.74. The summed E-state index contributed by atoms with van der Waals surface area (Å²) in [6.45, 7) is 4.11. The lowest BCUT2D eigenvalue weighted by atomic mass is 10.1. The summed E-state index contributed by atoms with van der Waals surface area (Å²) in [6.07, 6.45) is 4.04. The summed E-state index contributed by atoms with van der Waals surface area (Å²) in [5, 5.41) is 0. The predicted octanol–water partition coefficient (Wildman–Crippen LogP) is 3.12. The molecule has 0 amide bonds. The average molecular weight is 239 g/mol. The monoisotopic (exact) mass is 239 g/mol. The van der Waals surface area contributed by atoms with Crippen molar-refractivity contribution in [3.8, 4) is 5.75 Å². The highest BCUT2D eigenvalue weighted by atomic mass is 16.5. The number of carbonyl (C=O) groups is 1. The van der Waals surface area contributed by atoms with Crippen molar-refractivity contribution in [3.63, 3.8) is 0 Å². The number of carbonyl (C=O) groups excluding carboxylic acids is 1. The van der Waals surface area contributed by atoms with Crippen molar-refractivity contribution in [2.24, 2.45) is 0 Å². The highest BCUT2D eigenvalue weighted by Crippen LogP contribution is 2.15. The zero-order valence-electron chi connectivity index (χ0n) is 9.87. The molecule has 0 spiro atoms. The van der Waals surface area contributed by atoms with E-state index in [9.17, 15) is 4.79 Å². The van der Waals surface area contributed by atoms with Crippen LogP contribution in [0.1, 0.15) is 21.6 Å². The Bertz CT molecular complexity index is 547. The molecule has 0 saturated carbocycles. The summed E-state index contributed by atoms with van der Waals surface area (Å²) in [5.74, 6) is 0.500. The molecule has 0 aliphatic rings. The fourth-order valence-electron chi connectivity index (χ4n) is 1.52. The Morgan fingerprint density at radius 2 is 2.00 bits per heavy atom. The fourth-order valence-corrected chi connectivity index (χ4v) is 1.52. The zero-order valence-corrected chi connectivity index (χ0v) is 9.87. The summed E-state index contributed by atoms with van der Waals surface area (Å²) >= 11 is 0. The molecule has 0 atom stereocenters. The molecule has 18 heavy (non-hydrogen) atoms. The van der Waals surface area contributed by atoms with E-state index in [-0.39, 0.29) is 0 Å². The summed E-state index contributed by atoms with van der Waals surface area (Å²) in [6, 6.07) is 11.3. The molecular weight excluding hydrogens is 226 g/mol. The van der Waals surface area contributed by atoms with Gasteiger partial charge in [0.1, 0.15) is 18.1 Å². The summed E-state index contributed by atoms with van der Waals surface area (Å²) in [5.41, 5.74) is 2.41. The van der Waals surface area contributed by atoms with Gasteiger partial charge >= 0.3 is 0 Å². The average Bonchev–Trinajstić information content (AvgIpc) is 2.46. The molecule has 0 aliphatic heterocycles. The van der Waals surface area contributed by atoms with E-state index in [1.54, 1.807) is 24.4 Å². The van der Waals surface area contributed by atoms with Gasteiger partial charge in [0, 0.05) is 6.20 Å². The van der Waals surface area contributed by atoms with E-state index in [1.165, 1.54) is 0 Å². The molecule has 2 aromatic rings. The summed E-state index contributed by atoms with van der Waals surface area (Å²) in [7, 11) is 0. The van der Waals surface area contributed by atoms with Crippen LogP contribution < -0.4 is 4.74 Å². The minimum atomic E-state index is 0.320. The molecule has 0 aliphatic carbocycles. The fraction of sp³-hybridized carbons (Fsp3) is 0.0667. The molecule has 0 N–H and O–H groups in total. The van der Waals surface area contributed by atoms with Gasteiger partial charge < -0.3 is 4.74 Å². The lowest BCUT2D eigenvalue weighted by molar-refractivity contribution is 0.111. The third kappa shape index (κ3) is 2.83. The number of rotatable bonds is 5. The third-order valence-electron chi connectivity index (χ3n) is 2.52. The number of hydrogen-bond donors (Lipinski definition) is 0. The van der Waals surface area contributed by atoms with Crippen LogP contribution in [0.3, 0.4) is 0 Å². The van der Waals surface area contributed by atoms with Gasteiger partial charge in [0.15, 0.2) is 6.29 Å². The van der Waals surface area contributed by atoms with Gasteiger partial charge in [-0.1, -0.05) is 36.9 Å². The van der Waals surface area contributed by atoms with E-state index in [1.807, 2.05) is 24.3 Å². The lowest BCUT2D eigenvalue weighted by Crippen LogP contribution is -1.99. The first kappa shape index (κ1) is 12.0. The second-order valence-electron chi connectivity index (χ2n) is 3.74. The minimum Gasteiger partial charge on any atom is -0.487 e. The molecule has 0 saturated heterocycles. The van der Waals surface area contributed by atoms with Crippen molar-refractivity contribution in [3.05, 3.63) is 66.0 Å². The second kappa shape index (κ2) is 5.77. The quantitative estimate of drug-likeness (QED) is 0.752. The van der Waals surface area contributed by atoms with Crippen molar-refractivity contribution in [2.75, 3.05) is 0 Å². The van der Waals surface area contributed by atoms with Crippen LogP contribution in [0.4, 0.5) is 0 Å². The van der Waals surface area contributed by atoms with Crippen molar-refractivity contribution in [2.45, 2.75) is 6.61 Å². The number of aromatic nitrogens is 1. The van der Waals surface area contributed by atoms with Gasteiger partial charge in [-0.3, -0.25) is 4.79 Å². The van der Waals surface area contributed by atoms with E-state index in [0.29, 0.717) is 24.3 Å². The Morgan fingerprint density at radius 1 is 1.22 bits per heavy atom. The van der Waals surface area contributed by atoms with E-state index >= 15 is 0 Å². The van der Waals surface area contributed by atoms with Crippen molar-refractivity contribution >= 4 is 12.4 Å². The molecule has 1 aromatic carbocycles. The topological polar surface area (TPSA) is 39.2 Å². The molecule has 0 unspecified atom stereocenters. The standard InChI is InChI=1S/C15H13NO2/c1-2-12-5-7-13(8-6-12)11-18-15-4-3-9-16-14(15)10-17/h2-10H,1,11H2. The largest absolute Gasteiger partial charge is 0.487 e. The van der Waals surface area contributed by atoms with Crippen molar-refractivity contribution in [1.29, 1.82) is 0 Å². The van der Waals surface area contributed by atoms with Crippen LogP contribution in [0.15, 0.2) is 49.2 Å². The molecule has 0 bridgehead atoms. The Labute approximate surface area is 106 Å². The van der Waals surface area contributed by atoms with E-state index in [4.69, 9.17) is 4.74 Å². The zero-order chi connectivity index (χ0) is 12.8. The van der Waals surface area contributed by atoms with Crippen molar-refractivity contribution in [1.82, 2.24) is 4.98 Å². The van der Waals surface area contributed by atoms with Crippen molar-refractivity contribution < 1.29 is 9.53 Å². The maximum absolute atomic E-state index is 10.8. The number of aldehydes is 1. The van der Waals surface area contributed by atoms with Gasteiger partial charge in [0.25, 0.3) is 0 Å². The Kier molecular flexibility index (Phi) is 3.86. The number of nitrogens with zero attached hydrogens (tertiary/aromatic N) is 1. The third-order valence-corrected chi connectivity index (χ3v) is 2.52. The van der Waals surface area contributed by atoms with E-state index in [0.717, 1.165) is 11.1 Å². The van der Waals surface area contributed by atoms with Gasteiger partial charge in [-0.15, -0.1) is 0 Å². The Hall–Kier alpha value is -2.42. The van der Waals surface area contributed by atoms with Crippen LogP contribution >= 0.6 is 0 Å². The lowest BCUT2D eigenvalue weighted by Gasteiger charge is -2.07. The maximum Gasteiger partial charge on any atom is 0.172 e. The van der Waals surface area contributed by atoms with E-state index in [2.05, 4.69) is 11.6 Å². The van der Waals surface area contributed by atoms with Crippen LogP contribution in [-0.2, 0) is 6.61 Å². The minimum absolute atomic E-state index is 0.320. The summed E-state index contributed by atoms with van der Waals surface area (Å²) in [4.78, 5) is 14.7. The molecule has 3 heteroatoms. The first-order chi connectivity index (χ1) is 8.83. The normalized spacial score (nSPS) is 9.78. The first-order valence-electron chi connectivity index (χ1n) is 5.58. The summed E-state index contributed by atoms with van der Waals surface area (Å²) < 4.78 is 5.57. The molecule has 90 valence electrons. The first-order valence-corrected chi connectivity index (χ1v) is 5.58. The van der Waals surface area contributed by atoms with Gasteiger partial charge in [-0.25, -0.2) is 4.98 Å². The highest BCUT2D eigenvalue weighted by Gasteiger charge is 2.03. The molecule has 3 nitrogen and oxygen atoms in total. The van der Waals surface area contributed by atoms with Crippen LogP contribution in [0.2, 0.25) is 0 Å². The SMILES string of the molecule is C=Cc1ccc(COc2cccnc2C=O)cc1. The van der Waals surface area contributed by atoms with Gasteiger partial charge in [-0.2, -0.15) is 0 Å². The Balaban J connectivity index is 2.06. The van der Waals surface area contributed by atoms with Crippen LogP contribution in [-0.4, -0.2) is 11.3 Å². The van der Waals surface area contributed by atoms with Gasteiger partial charge in [0.2, 0.25) is 0 Å². The number of benzene rings is 1. The number of ether oxygens (including phenoxy) is 1. The van der Waals surface area contributed by atoms with Gasteiger partial charge in [-0.05, 0) is 23.3 Å². The molecule has 2 rings (SSSR count). The van der Waals surface area contributed by atoms with Crippen LogP contribution in [0.5, 0.6) is 5.75 Å². The predicted molar refractivity (Wildman–Crippen MR) is 70.5 cm³/mol. The van der Waals surface area contributed by atoms with Crippen LogP contribution in [0.25, 0.3) is 6.08 Å². The molecule has 0 fully saturated rings. The molecule has 1 aromatic heterocycles. The van der Waals surface area contributed by atoms with Gasteiger partial charge in [0.05, 0.1) is 0 Å². The molecule has 1 heterocycles.